The van der Waals surface area contributed by atoms with Gasteiger partial charge in [0, 0.05) is 17.5 Å². The Bertz CT molecular complexity index is 617. The zero-order valence-electron chi connectivity index (χ0n) is 9.26. The maximum absolute atomic E-state index is 5.01. The van der Waals surface area contributed by atoms with Crippen molar-refractivity contribution in [1.82, 2.24) is 4.98 Å². The molecule has 0 aliphatic carbocycles. The second-order valence-electron chi connectivity index (χ2n) is 3.87. The molecule has 3 rings (SSSR count). The van der Waals surface area contributed by atoms with Crippen LogP contribution in [0.15, 0.2) is 59.4 Å². The molecule has 0 spiro atoms. The van der Waals surface area contributed by atoms with Crippen LogP contribution in [-0.2, 0) is 6.54 Å². The molecule has 2 heterocycles. The van der Waals surface area contributed by atoms with Crippen molar-refractivity contribution in [2.75, 3.05) is 5.32 Å². The molecule has 0 aliphatic rings. The Kier molecular flexibility index (Phi) is 2.50. The topological polar surface area (TPSA) is 38.1 Å². The van der Waals surface area contributed by atoms with Gasteiger partial charge in [-0.15, -0.1) is 0 Å². The first kappa shape index (κ1) is 9.90. The monoisotopic (exact) mass is 224 g/mol. The van der Waals surface area contributed by atoms with E-state index in [0.29, 0.717) is 0 Å². The Morgan fingerprint density at radius 1 is 1.06 bits per heavy atom. The largest absolute Gasteiger partial charge is 0.472 e. The highest BCUT2D eigenvalue weighted by molar-refractivity contribution is 5.79. The summed E-state index contributed by atoms with van der Waals surface area (Å²) in [6, 6.07) is 14.1. The highest BCUT2D eigenvalue weighted by atomic mass is 16.3. The summed E-state index contributed by atoms with van der Waals surface area (Å²) in [4.78, 5) is 4.53. The van der Waals surface area contributed by atoms with E-state index in [2.05, 4.69) is 22.4 Å². The highest BCUT2D eigenvalue weighted by Gasteiger charge is 1.98. The van der Waals surface area contributed by atoms with Crippen molar-refractivity contribution in [3.8, 4) is 0 Å². The van der Waals surface area contributed by atoms with Crippen LogP contribution in [0.5, 0.6) is 0 Å². The fourth-order valence-corrected chi connectivity index (χ4v) is 1.75. The summed E-state index contributed by atoms with van der Waals surface area (Å²) in [6.45, 7) is 0.724. The summed E-state index contributed by atoms with van der Waals surface area (Å²) < 4.78 is 5.01. The molecule has 1 aromatic carbocycles. The normalized spacial score (nSPS) is 10.6. The second kappa shape index (κ2) is 4.29. The number of hydrogen-bond acceptors (Lipinski definition) is 3. The summed E-state index contributed by atoms with van der Waals surface area (Å²) in [5.74, 6) is 0.880. The lowest BCUT2D eigenvalue weighted by molar-refractivity contribution is 0.564. The third kappa shape index (κ3) is 2.13. The number of fused-ring (bicyclic) bond motifs is 1. The minimum atomic E-state index is 0.724. The van der Waals surface area contributed by atoms with Crippen LogP contribution in [0.2, 0.25) is 0 Å². The molecular formula is C14H12N2O. The van der Waals surface area contributed by atoms with Gasteiger partial charge in [-0.1, -0.05) is 18.2 Å². The van der Waals surface area contributed by atoms with Crippen molar-refractivity contribution in [2.45, 2.75) is 6.54 Å². The first-order chi connectivity index (χ1) is 8.42. The molecule has 0 unspecified atom stereocenters. The molecule has 0 saturated carbocycles. The molecule has 17 heavy (non-hydrogen) atoms. The molecule has 0 aliphatic heterocycles. The fourth-order valence-electron chi connectivity index (χ4n) is 1.75. The van der Waals surface area contributed by atoms with Crippen molar-refractivity contribution in [2.24, 2.45) is 0 Å². The van der Waals surface area contributed by atoms with Gasteiger partial charge in [0.2, 0.25) is 0 Å². The van der Waals surface area contributed by atoms with Crippen molar-refractivity contribution in [1.29, 1.82) is 0 Å². The van der Waals surface area contributed by atoms with Gasteiger partial charge in [-0.05, 0) is 24.3 Å². The van der Waals surface area contributed by atoms with E-state index >= 15 is 0 Å². The average molecular weight is 224 g/mol. The summed E-state index contributed by atoms with van der Waals surface area (Å²) in [5, 5.41) is 4.42. The van der Waals surface area contributed by atoms with E-state index in [-0.39, 0.29) is 0 Å². The van der Waals surface area contributed by atoms with Crippen LogP contribution >= 0.6 is 0 Å². The van der Waals surface area contributed by atoms with Crippen LogP contribution in [0.25, 0.3) is 10.9 Å². The first-order valence-corrected chi connectivity index (χ1v) is 5.52. The van der Waals surface area contributed by atoms with E-state index in [1.807, 2.05) is 30.3 Å². The summed E-state index contributed by atoms with van der Waals surface area (Å²) in [7, 11) is 0. The van der Waals surface area contributed by atoms with Gasteiger partial charge in [-0.25, -0.2) is 4.98 Å². The number of anilines is 1. The van der Waals surface area contributed by atoms with Gasteiger partial charge >= 0.3 is 0 Å². The Labute approximate surface area is 99.1 Å². The van der Waals surface area contributed by atoms with Gasteiger partial charge in [0.1, 0.15) is 5.82 Å². The van der Waals surface area contributed by atoms with Crippen LogP contribution in [-0.4, -0.2) is 4.98 Å². The summed E-state index contributed by atoms with van der Waals surface area (Å²) >= 11 is 0. The SMILES string of the molecule is c1ccc2nc(NCc3ccoc3)ccc2c1. The number of nitrogens with zero attached hydrogens (tertiary/aromatic N) is 1. The molecule has 0 atom stereocenters. The highest BCUT2D eigenvalue weighted by Crippen LogP contribution is 2.15. The number of pyridine rings is 1. The van der Waals surface area contributed by atoms with Crippen LogP contribution in [0.4, 0.5) is 5.82 Å². The van der Waals surface area contributed by atoms with Gasteiger partial charge in [0.05, 0.1) is 18.0 Å². The van der Waals surface area contributed by atoms with Crippen molar-refractivity contribution >= 4 is 16.7 Å². The fraction of sp³-hybridized carbons (Fsp3) is 0.0714. The van der Waals surface area contributed by atoms with Crippen molar-refractivity contribution in [3.63, 3.8) is 0 Å². The maximum atomic E-state index is 5.01. The molecule has 3 aromatic rings. The molecule has 0 fully saturated rings. The molecule has 1 N–H and O–H groups in total. The number of furan rings is 1. The molecule has 84 valence electrons. The van der Waals surface area contributed by atoms with Gasteiger partial charge < -0.3 is 9.73 Å². The predicted molar refractivity (Wildman–Crippen MR) is 67.8 cm³/mol. The van der Waals surface area contributed by atoms with E-state index < -0.39 is 0 Å². The number of rotatable bonds is 3. The maximum Gasteiger partial charge on any atom is 0.126 e. The van der Waals surface area contributed by atoms with Crippen molar-refractivity contribution < 1.29 is 4.42 Å². The second-order valence-corrected chi connectivity index (χ2v) is 3.87. The zero-order chi connectivity index (χ0) is 11.5. The van der Waals surface area contributed by atoms with Crippen LogP contribution in [0.1, 0.15) is 5.56 Å². The summed E-state index contributed by atoms with van der Waals surface area (Å²) in [6.07, 6.45) is 3.40. The van der Waals surface area contributed by atoms with Gasteiger partial charge in [0.25, 0.3) is 0 Å². The molecule has 0 amide bonds. The van der Waals surface area contributed by atoms with Gasteiger partial charge in [-0.3, -0.25) is 0 Å². The summed E-state index contributed by atoms with van der Waals surface area (Å²) in [5.41, 5.74) is 2.12. The smallest absolute Gasteiger partial charge is 0.126 e. The number of hydrogen-bond donors (Lipinski definition) is 1. The van der Waals surface area contributed by atoms with E-state index in [9.17, 15) is 0 Å². The number of nitrogens with one attached hydrogen (secondary N) is 1. The Balaban J connectivity index is 1.81. The van der Waals surface area contributed by atoms with Crippen LogP contribution in [0, 0.1) is 0 Å². The first-order valence-electron chi connectivity index (χ1n) is 5.52. The lowest BCUT2D eigenvalue weighted by Crippen LogP contribution is -2.00. The van der Waals surface area contributed by atoms with E-state index in [4.69, 9.17) is 4.42 Å². The standard InChI is InChI=1S/C14H12N2O/c1-2-4-13-12(3-1)5-6-14(16-13)15-9-11-7-8-17-10-11/h1-8,10H,9H2,(H,15,16). The zero-order valence-corrected chi connectivity index (χ0v) is 9.26. The van der Waals surface area contributed by atoms with E-state index in [1.54, 1.807) is 12.5 Å². The predicted octanol–water partition coefficient (Wildman–Crippen LogP) is 3.44. The van der Waals surface area contributed by atoms with Gasteiger partial charge in [-0.2, -0.15) is 0 Å². The quantitative estimate of drug-likeness (QED) is 0.740. The molecule has 0 bridgehead atoms. The minimum Gasteiger partial charge on any atom is -0.472 e. The van der Waals surface area contributed by atoms with Gasteiger partial charge in [0.15, 0.2) is 0 Å². The van der Waals surface area contributed by atoms with Crippen LogP contribution < -0.4 is 5.32 Å². The molecule has 2 aromatic heterocycles. The Morgan fingerprint density at radius 3 is 2.88 bits per heavy atom. The third-order valence-corrected chi connectivity index (χ3v) is 2.65. The van der Waals surface area contributed by atoms with Crippen LogP contribution in [0.3, 0.4) is 0 Å². The third-order valence-electron chi connectivity index (χ3n) is 2.65. The number of para-hydroxylation sites is 1. The molecule has 3 nitrogen and oxygen atoms in total. The van der Waals surface area contributed by atoms with E-state index in [1.165, 1.54) is 0 Å². The number of aromatic nitrogens is 1. The molecular weight excluding hydrogens is 212 g/mol. The number of benzene rings is 1. The van der Waals surface area contributed by atoms with Crippen molar-refractivity contribution in [3.05, 3.63) is 60.6 Å². The Hall–Kier alpha value is -2.29. The minimum absolute atomic E-state index is 0.724. The lowest BCUT2D eigenvalue weighted by atomic mass is 10.2. The molecule has 0 saturated heterocycles. The average Bonchev–Trinajstić information content (AvgIpc) is 2.89. The van der Waals surface area contributed by atoms with E-state index in [0.717, 1.165) is 28.8 Å². The molecule has 3 heteroatoms. The lowest BCUT2D eigenvalue weighted by Gasteiger charge is -2.04. The Morgan fingerprint density at radius 2 is 2.00 bits per heavy atom. The molecule has 0 radical (unpaired) electrons.